The molecule has 0 bridgehead atoms. The summed E-state index contributed by atoms with van der Waals surface area (Å²) in [5.41, 5.74) is 7.73. The average molecular weight is 346 g/mol. The van der Waals surface area contributed by atoms with Crippen LogP contribution in [0.4, 0.5) is 13.2 Å². The number of hydrogen-bond donors (Lipinski definition) is 1. The minimum Gasteiger partial charge on any atom is -0.484 e. The van der Waals surface area contributed by atoms with E-state index < -0.39 is 12.8 Å². The Morgan fingerprint density at radius 1 is 1.29 bits per heavy atom. The van der Waals surface area contributed by atoms with Crippen LogP contribution in [0.2, 0.25) is 0 Å². The summed E-state index contributed by atoms with van der Waals surface area (Å²) in [5, 5.41) is 0. The number of hydrogen-bond acceptors (Lipinski definition) is 3. The molecule has 1 aromatic carbocycles. The Labute approximate surface area is 140 Å². The summed E-state index contributed by atoms with van der Waals surface area (Å²) in [6, 6.07) is 3.46. The smallest absolute Gasteiger partial charge is 0.422 e. The zero-order valence-electron chi connectivity index (χ0n) is 14.5. The third-order valence-electron chi connectivity index (χ3n) is 3.56. The number of ether oxygens (including phenoxy) is 1. The van der Waals surface area contributed by atoms with Crippen LogP contribution in [0.1, 0.15) is 36.5 Å². The molecule has 0 aliphatic rings. The highest BCUT2D eigenvalue weighted by molar-refractivity contribution is 5.75. The van der Waals surface area contributed by atoms with Crippen LogP contribution in [-0.2, 0) is 11.3 Å². The molecule has 0 aliphatic heterocycles. The van der Waals surface area contributed by atoms with Gasteiger partial charge in [-0.3, -0.25) is 4.79 Å². The molecule has 136 valence electrons. The standard InChI is InChI=1S/C17H25F3N2O2/c1-11-7-14(9-22(4)15(23)6-5-13(3)21)8-12(2)16(11)24-10-17(18,19)20/h7-8,13H,5-6,9-10,21H2,1-4H3. The molecule has 0 radical (unpaired) electrons. The van der Waals surface area contributed by atoms with E-state index >= 15 is 0 Å². The van der Waals surface area contributed by atoms with Gasteiger partial charge in [-0.15, -0.1) is 0 Å². The average Bonchev–Trinajstić information content (AvgIpc) is 2.42. The molecule has 1 atom stereocenters. The largest absolute Gasteiger partial charge is 0.484 e. The van der Waals surface area contributed by atoms with E-state index in [0.29, 0.717) is 30.5 Å². The molecule has 24 heavy (non-hydrogen) atoms. The highest BCUT2D eigenvalue weighted by Gasteiger charge is 2.29. The summed E-state index contributed by atoms with van der Waals surface area (Å²) >= 11 is 0. The predicted octanol–water partition coefficient (Wildman–Crippen LogP) is 3.33. The first-order chi connectivity index (χ1) is 11.0. The van der Waals surface area contributed by atoms with Crippen LogP contribution in [0.15, 0.2) is 12.1 Å². The number of rotatable bonds is 7. The number of halogens is 3. The van der Waals surface area contributed by atoms with Crippen LogP contribution in [0.25, 0.3) is 0 Å². The van der Waals surface area contributed by atoms with Gasteiger partial charge in [-0.1, -0.05) is 12.1 Å². The number of amides is 1. The van der Waals surface area contributed by atoms with Crippen LogP contribution in [0.3, 0.4) is 0 Å². The van der Waals surface area contributed by atoms with E-state index in [9.17, 15) is 18.0 Å². The number of nitrogens with two attached hydrogens (primary N) is 1. The van der Waals surface area contributed by atoms with Crippen LogP contribution < -0.4 is 10.5 Å². The van der Waals surface area contributed by atoms with Crippen molar-refractivity contribution in [2.24, 2.45) is 5.73 Å². The molecule has 1 rings (SSSR count). The van der Waals surface area contributed by atoms with Gasteiger partial charge in [0.05, 0.1) is 0 Å². The number of carbonyl (C=O) groups is 1. The fourth-order valence-electron chi connectivity index (χ4n) is 2.42. The number of benzene rings is 1. The second kappa shape index (κ2) is 8.37. The van der Waals surface area contributed by atoms with Gasteiger partial charge in [0.1, 0.15) is 5.75 Å². The maximum Gasteiger partial charge on any atom is 0.422 e. The van der Waals surface area contributed by atoms with Gasteiger partial charge in [-0.25, -0.2) is 0 Å². The summed E-state index contributed by atoms with van der Waals surface area (Å²) in [4.78, 5) is 13.6. The minimum atomic E-state index is -4.37. The van der Waals surface area contributed by atoms with Crippen LogP contribution in [0.5, 0.6) is 5.75 Å². The van der Waals surface area contributed by atoms with E-state index in [4.69, 9.17) is 10.5 Å². The third-order valence-corrected chi connectivity index (χ3v) is 3.56. The highest BCUT2D eigenvalue weighted by Crippen LogP contribution is 2.27. The van der Waals surface area contributed by atoms with Crippen molar-refractivity contribution in [2.75, 3.05) is 13.7 Å². The van der Waals surface area contributed by atoms with Crippen molar-refractivity contribution >= 4 is 5.91 Å². The molecule has 4 nitrogen and oxygen atoms in total. The quantitative estimate of drug-likeness (QED) is 0.824. The van der Waals surface area contributed by atoms with Crippen LogP contribution in [0, 0.1) is 13.8 Å². The second-order valence-corrected chi connectivity index (χ2v) is 6.23. The molecule has 2 N–H and O–H groups in total. The van der Waals surface area contributed by atoms with Crippen LogP contribution in [-0.4, -0.2) is 36.7 Å². The van der Waals surface area contributed by atoms with Gasteiger partial charge >= 0.3 is 6.18 Å². The molecule has 0 spiro atoms. The first kappa shape index (κ1) is 20.3. The Bertz CT molecular complexity index is 548. The molecule has 0 heterocycles. The lowest BCUT2D eigenvalue weighted by atomic mass is 10.0. The van der Waals surface area contributed by atoms with Crippen LogP contribution >= 0.6 is 0 Å². The summed E-state index contributed by atoms with van der Waals surface area (Å²) in [6.07, 6.45) is -3.38. The van der Waals surface area contributed by atoms with Gasteiger partial charge < -0.3 is 15.4 Å². The molecule has 0 fully saturated rings. The van der Waals surface area contributed by atoms with Gasteiger partial charge in [0.15, 0.2) is 6.61 Å². The fraction of sp³-hybridized carbons (Fsp3) is 0.588. The lowest BCUT2D eigenvalue weighted by molar-refractivity contribution is -0.153. The van der Waals surface area contributed by atoms with Crippen molar-refractivity contribution in [2.45, 2.75) is 52.4 Å². The fourth-order valence-corrected chi connectivity index (χ4v) is 2.42. The molecule has 0 saturated heterocycles. The second-order valence-electron chi connectivity index (χ2n) is 6.23. The SMILES string of the molecule is Cc1cc(CN(C)C(=O)CCC(C)N)cc(C)c1OCC(F)(F)F. The Hall–Kier alpha value is -1.76. The first-order valence-electron chi connectivity index (χ1n) is 7.79. The maximum absolute atomic E-state index is 12.3. The lowest BCUT2D eigenvalue weighted by Gasteiger charge is -2.20. The van der Waals surface area contributed by atoms with Crippen molar-refractivity contribution in [3.05, 3.63) is 28.8 Å². The van der Waals surface area contributed by atoms with E-state index in [1.54, 1.807) is 37.9 Å². The van der Waals surface area contributed by atoms with Crippen molar-refractivity contribution in [1.82, 2.24) is 4.90 Å². The number of carbonyl (C=O) groups excluding carboxylic acids is 1. The third kappa shape index (κ3) is 6.78. The topological polar surface area (TPSA) is 55.6 Å². The van der Waals surface area contributed by atoms with Crippen molar-refractivity contribution in [1.29, 1.82) is 0 Å². The Morgan fingerprint density at radius 3 is 2.29 bits per heavy atom. The molecule has 1 aromatic rings. The summed E-state index contributed by atoms with van der Waals surface area (Å²) < 4.78 is 41.8. The van der Waals surface area contributed by atoms with Gasteiger partial charge in [-0.05, 0) is 43.9 Å². The maximum atomic E-state index is 12.3. The van der Waals surface area contributed by atoms with E-state index in [1.165, 1.54) is 0 Å². The van der Waals surface area contributed by atoms with Crippen molar-refractivity contribution < 1.29 is 22.7 Å². The number of alkyl halides is 3. The molecule has 0 aromatic heterocycles. The van der Waals surface area contributed by atoms with Gasteiger partial charge in [0.2, 0.25) is 5.91 Å². The Balaban J connectivity index is 2.75. The molecular weight excluding hydrogens is 321 g/mol. The molecule has 0 saturated carbocycles. The zero-order valence-corrected chi connectivity index (χ0v) is 14.5. The molecule has 7 heteroatoms. The number of nitrogens with zero attached hydrogens (tertiary/aromatic N) is 1. The van der Waals surface area contributed by atoms with Crippen molar-refractivity contribution in [3.8, 4) is 5.75 Å². The zero-order chi connectivity index (χ0) is 18.5. The van der Waals surface area contributed by atoms with E-state index in [1.807, 2.05) is 6.92 Å². The Morgan fingerprint density at radius 2 is 1.83 bits per heavy atom. The predicted molar refractivity (Wildman–Crippen MR) is 86.8 cm³/mol. The van der Waals surface area contributed by atoms with E-state index in [-0.39, 0.29) is 17.7 Å². The first-order valence-corrected chi connectivity index (χ1v) is 7.79. The molecule has 1 unspecified atom stereocenters. The molecule has 0 aliphatic carbocycles. The summed E-state index contributed by atoms with van der Waals surface area (Å²) in [5.74, 6) is 0.224. The highest BCUT2D eigenvalue weighted by atomic mass is 19.4. The minimum absolute atomic E-state index is 0.0139. The van der Waals surface area contributed by atoms with Gasteiger partial charge in [-0.2, -0.15) is 13.2 Å². The van der Waals surface area contributed by atoms with E-state index in [0.717, 1.165) is 5.56 Å². The Kier molecular flexibility index (Phi) is 7.08. The van der Waals surface area contributed by atoms with Gasteiger partial charge in [0, 0.05) is 26.1 Å². The monoisotopic (exact) mass is 346 g/mol. The number of aryl methyl sites for hydroxylation is 2. The molecular formula is C17H25F3N2O2. The lowest BCUT2D eigenvalue weighted by Crippen LogP contribution is -2.28. The molecule has 1 amide bonds. The summed E-state index contributed by atoms with van der Waals surface area (Å²) in [6.45, 7) is 4.31. The van der Waals surface area contributed by atoms with Crippen molar-refractivity contribution in [3.63, 3.8) is 0 Å². The van der Waals surface area contributed by atoms with E-state index in [2.05, 4.69) is 0 Å². The van der Waals surface area contributed by atoms with Gasteiger partial charge in [0.25, 0.3) is 0 Å². The normalized spacial score (nSPS) is 12.8. The summed E-state index contributed by atoms with van der Waals surface area (Å²) in [7, 11) is 1.70.